The molecule has 100 valence electrons. The van der Waals surface area contributed by atoms with Gasteiger partial charge in [0.2, 0.25) is 0 Å². The van der Waals surface area contributed by atoms with Crippen molar-refractivity contribution in [3.8, 4) is 0 Å². The molecule has 0 aliphatic carbocycles. The fourth-order valence-corrected chi connectivity index (χ4v) is 2.60. The van der Waals surface area contributed by atoms with E-state index >= 15 is 0 Å². The zero-order valence-electron chi connectivity index (χ0n) is 10.7. The molecule has 1 aromatic rings. The fraction of sp³-hybridized carbons (Fsp3) is 0.571. The first-order chi connectivity index (χ1) is 8.60. The first-order valence-corrected chi connectivity index (χ1v) is 6.50. The van der Waals surface area contributed by atoms with Crippen molar-refractivity contribution >= 4 is 0 Å². The highest BCUT2D eigenvalue weighted by molar-refractivity contribution is 5.21. The summed E-state index contributed by atoms with van der Waals surface area (Å²) in [6, 6.07) is 3.80. The van der Waals surface area contributed by atoms with Gasteiger partial charge in [0.15, 0.2) is 0 Å². The first kappa shape index (κ1) is 13.4. The van der Waals surface area contributed by atoms with E-state index < -0.39 is 11.6 Å². The molecule has 4 heteroatoms. The maximum Gasteiger partial charge on any atom is 0.126 e. The third-order valence-electron chi connectivity index (χ3n) is 3.90. The van der Waals surface area contributed by atoms with Crippen LogP contribution in [-0.4, -0.2) is 24.5 Å². The standard InChI is InChI=1S/C14H20F2N2/c1-10(12-6-13(15)8-14(16)7-12)18-4-2-11(9-17)3-5-18/h6-8,10-11H,2-5,9,17H2,1H3. The van der Waals surface area contributed by atoms with Crippen molar-refractivity contribution in [2.24, 2.45) is 11.7 Å². The van der Waals surface area contributed by atoms with E-state index in [-0.39, 0.29) is 6.04 Å². The molecule has 0 radical (unpaired) electrons. The van der Waals surface area contributed by atoms with Gasteiger partial charge in [0.25, 0.3) is 0 Å². The zero-order valence-corrected chi connectivity index (χ0v) is 10.7. The summed E-state index contributed by atoms with van der Waals surface area (Å²) in [5.74, 6) is -0.417. The molecular weight excluding hydrogens is 234 g/mol. The molecule has 1 atom stereocenters. The summed E-state index contributed by atoms with van der Waals surface area (Å²) < 4.78 is 26.4. The Bertz CT molecular complexity index is 381. The lowest BCUT2D eigenvalue weighted by Crippen LogP contribution is -2.37. The number of rotatable bonds is 3. The van der Waals surface area contributed by atoms with E-state index in [9.17, 15) is 8.78 Å². The number of likely N-dealkylation sites (tertiary alicyclic amines) is 1. The number of hydrogen-bond donors (Lipinski definition) is 1. The minimum absolute atomic E-state index is 0.0499. The van der Waals surface area contributed by atoms with E-state index in [4.69, 9.17) is 5.73 Å². The highest BCUT2D eigenvalue weighted by Gasteiger charge is 2.23. The van der Waals surface area contributed by atoms with Crippen molar-refractivity contribution < 1.29 is 8.78 Å². The second-order valence-electron chi connectivity index (χ2n) is 5.09. The second-order valence-corrected chi connectivity index (χ2v) is 5.09. The van der Waals surface area contributed by atoms with Gasteiger partial charge < -0.3 is 5.73 Å². The first-order valence-electron chi connectivity index (χ1n) is 6.50. The Morgan fingerprint density at radius 3 is 2.28 bits per heavy atom. The monoisotopic (exact) mass is 254 g/mol. The largest absolute Gasteiger partial charge is 0.330 e. The van der Waals surface area contributed by atoms with Crippen LogP contribution in [0.15, 0.2) is 18.2 Å². The van der Waals surface area contributed by atoms with Crippen molar-refractivity contribution in [2.45, 2.75) is 25.8 Å². The predicted octanol–water partition coefficient (Wildman–Crippen LogP) is 2.70. The van der Waals surface area contributed by atoms with E-state index in [0.717, 1.165) is 38.5 Å². The molecule has 1 unspecified atom stereocenters. The molecule has 0 aromatic heterocycles. The number of halogens is 2. The van der Waals surface area contributed by atoms with Gasteiger partial charge in [-0.15, -0.1) is 0 Å². The Kier molecular flexibility index (Phi) is 4.30. The van der Waals surface area contributed by atoms with Crippen molar-refractivity contribution in [1.29, 1.82) is 0 Å². The fourth-order valence-electron chi connectivity index (χ4n) is 2.60. The molecule has 0 saturated carbocycles. The molecule has 2 N–H and O–H groups in total. The topological polar surface area (TPSA) is 29.3 Å². The van der Waals surface area contributed by atoms with E-state index in [1.807, 2.05) is 6.92 Å². The Balaban J connectivity index is 2.05. The lowest BCUT2D eigenvalue weighted by molar-refractivity contribution is 0.143. The van der Waals surface area contributed by atoms with Gasteiger partial charge in [-0.25, -0.2) is 8.78 Å². The van der Waals surface area contributed by atoms with Crippen LogP contribution in [0.25, 0.3) is 0 Å². The number of hydrogen-bond acceptors (Lipinski definition) is 2. The highest BCUT2D eigenvalue weighted by atomic mass is 19.1. The average molecular weight is 254 g/mol. The Hall–Kier alpha value is -1.00. The molecule has 1 aromatic carbocycles. The quantitative estimate of drug-likeness (QED) is 0.898. The van der Waals surface area contributed by atoms with Crippen LogP contribution >= 0.6 is 0 Å². The van der Waals surface area contributed by atoms with E-state index in [2.05, 4.69) is 4.90 Å². The molecular formula is C14H20F2N2. The molecule has 2 rings (SSSR count). The highest BCUT2D eigenvalue weighted by Crippen LogP contribution is 2.27. The normalized spacial score (nSPS) is 20.0. The Labute approximate surface area is 107 Å². The van der Waals surface area contributed by atoms with Gasteiger partial charge in [0.05, 0.1) is 0 Å². The SMILES string of the molecule is CC(c1cc(F)cc(F)c1)N1CCC(CN)CC1. The van der Waals surface area contributed by atoms with Crippen molar-refractivity contribution in [1.82, 2.24) is 4.90 Å². The summed E-state index contributed by atoms with van der Waals surface area (Å²) in [4.78, 5) is 2.26. The van der Waals surface area contributed by atoms with Crippen molar-refractivity contribution in [3.63, 3.8) is 0 Å². The van der Waals surface area contributed by atoms with Gasteiger partial charge in [-0.2, -0.15) is 0 Å². The van der Waals surface area contributed by atoms with Crippen molar-refractivity contribution in [2.75, 3.05) is 19.6 Å². The van der Waals surface area contributed by atoms with E-state index in [1.54, 1.807) is 0 Å². The number of nitrogens with zero attached hydrogens (tertiary/aromatic N) is 1. The maximum atomic E-state index is 13.2. The van der Waals surface area contributed by atoms with Crippen LogP contribution in [-0.2, 0) is 0 Å². The van der Waals surface area contributed by atoms with Gasteiger partial charge in [0.1, 0.15) is 11.6 Å². The van der Waals surface area contributed by atoms with Crippen LogP contribution in [0.1, 0.15) is 31.4 Å². The average Bonchev–Trinajstić information content (AvgIpc) is 2.37. The summed E-state index contributed by atoms with van der Waals surface area (Å²) in [6.45, 7) is 4.62. The van der Waals surface area contributed by atoms with Crippen LogP contribution in [0.3, 0.4) is 0 Å². The van der Waals surface area contributed by atoms with E-state index in [0.29, 0.717) is 11.5 Å². The number of piperidine rings is 1. The molecule has 0 spiro atoms. The third-order valence-corrected chi connectivity index (χ3v) is 3.90. The molecule has 1 heterocycles. The third kappa shape index (κ3) is 3.06. The van der Waals surface area contributed by atoms with Gasteiger partial charge >= 0.3 is 0 Å². The minimum atomic E-state index is -0.506. The predicted molar refractivity (Wildman–Crippen MR) is 68.1 cm³/mol. The number of benzene rings is 1. The smallest absolute Gasteiger partial charge is 0.126 e. The van der Waals surface area contributed by atoms with Crippen LogP contribution in [0.2, 0.25) is 0 Å². The minimum Gasteiger partial charge on any atom is -0.330 e. The van der Waals surface area contributed by atoms with Crippen LogP contribution in [0.5, 0.6) is 0 Å². The Morgan fingerprint density at radius 2 is 1.78 bits per heavy atom. The maximum absolute atomic E-state index is 13.2. The summed E-state index contributed by atoms with van der Waals surface area (Å²) in [5, 5.41) is 0. The molecule has 1 saturated heterocycles. The molecule has 18 heavy (non-hydrogen) atoms. The molecule has 1 fully saturated rings. The van der Waals surface area contributed by atoms with Crippen LogP contribution in [0, 0.1) is 17.6 Å². The molecule has 2 nitrogen and oxygen atoms in total. The molecule has 1 aliphatic heterocycles. The van der Waals surface area contributed by atoms with Crippen LogP contribution in [0.4, 0.5) is 8.78 Å². The molecule has 0 bridgehead atoms. The second kappa shape index (κ2) is 5.76. The molecule has 0 amide bonds. The van der Waals surface area contributed by atoms with Gasteiger partial charge in [-0.3, -0.25) is 4.90 Å². The zero-order chi connectivity index (χ0) is 13.1. The van der Waals surface area contributed by atoms with Gasteiger partial charge in [0, 0.05) is 12.1 Å². The summed E-state index contributed by atoms with van der Waals surface area (Å²) in [7, 11) is 0. The van der Waals surface area contributed by atoms with Crippen molar-refractivity contribution in [3.05, 3.63) is 35.4 Å². The van der Waals surface area contributed by atoms with Gasteiger partial charge in [-0.1, -0.05) is 0 Å². The lowest BCUT2D eigenvalue weighted by Gasteiger charge is -2.35. The van der Waals surface area contributed by atoms with Crippen LogP contribution < -0.4 is 5.73 Å². The summed E-state index contributed by atoms with van der Waals surface area (Å²) in [5.41, 5.74) is 6.37. The number of nitrogens with two attached hydrogens (primary N) is 1. The molecule has 1 aliphatic rings. The van der Waals surface area contributed by atoms with Gasteiger partial charge in [-0.05, 0) is 63.0 Å². The summed E-state index contributed by atoms with van der Waals surface area (Å²) >= 11 is 0. The van der Waals surface area contributed by atoms with E-state index in [1.165, 1.54) is 12.1 Å². The summed E-state index contributed by atoms with van der Waals surface area (Å²) in [6.07, 6.45) is 2.14. The Morgan fingerprint density at radius 1 is 1.22 bits per heavy atom. The lowest BCUT2D eigenvalue weighted by atomic mass is 9.95.